The van der Waals surface area contributed by atoms with Gasteiger partial charge in [0.2, 0.25) is 5.82 Å². The molecule has 16 heavy (non-hydrogen) atoms. The van der Waals surface area contributed by atoms with E-state index in [0.717, 1.165) is 0 Å². The van der Waals surface area contributed by atoms with Crippen molar-refractivity contribution in [2.75, 3.05) is 11.9 Å². The van der Waals surface area contributed by atoms with Crippen molar-refractivity contribution in [3.05, 3.63) is 17.4 Å². The zero-order valence-corrected chi connectivity index (χ0v) is 9.26. The summed E-state index contributed by atoms with van der Waals surface area (Å²) in [6.45, 7) is 2.03. The van der Waals surface area contributed by atoms with Gasteiger partial charge in [0, 0.05) is 6.07 Å². The van der Waals surface area contributed by atoms with Crippen LogP contribution in [-0.4, -0.2) is 22.7 Å². The Labute approximate surface area is 96.0 Å². The molecular formula is C9H10ClN4O2+. The number of carbonyl (C=O) groups excluding carboxylic acids is 1. The SMILES string of the molecule is CCOC(=O)Nc1cc(Cl)c2[nH]c[nH+]c2n1. The molecule has 0 atom stereocenters. The first-order chi connectivity index (χ1) is 7.70. The number of hydrogen-bond acceptors (Lipinski definition) is 3. The van der Waals surface area contributed by atoms with Crippen molar-refractivity contribution >= 4 is 34.7 Å². The molecule has 0 spiro atoms. The summed E-state index contributed by atoms with van der Waals surface area (Å²) in [6, 6.07) is 1.55. The summed E-state index contributed by atoms with van der Waals surface area (Å²) >= 11 is 5.98. The lowest BCUT2D eigenvalue weighted by molar-refractivity contribution is -0.347. The van der Waals surface area contributed by atoms with Crippen LogP contribution in [0.3, 0.4) is 0 Å². The summed E-state index contributed by atoms with van der Waals surface area (Å²) < 4.78 is 4.73. The Kier molecular flexibility index (Phi) is 2.91. The third-order valence-electron chi connectivity index (χ3n) is 1.90. The first-order valence-electron chi connectivity index (χ1n) is 4.69. The van der Waals surface area contributed by atoms with Crippen LogP contribution in [0.15, 0.2) is 12.4 Å². The predicted octanol–water partition coefficient (Wildman–Crippen LogP) is 1.60. The lowest BCUT2D eigenvalue weighted by Crippen LogP contribution is -2.14. The zero-order valence-electron chi connectivity index (χ0n) is 8.50. The van der Waals surface area contributed by atoms with E-state index < -0.39 is 6.09 Å². The number of hydrogen-bond donors (Lipinski definition) is 2. The Bertz CT molecular complexity index is 525. The molecule has 0 aliphatic heterocycles. The quantitative estimate of drug-likeness (QED) is 0.838. The minimum absolute atomic E-state index is 0.304. The summed E-state index contributed by atoms with van der Waals surface area (Å²) in [7, 11) is 0. The van der Waals surface area contributed by atoms with E-state index in [-0.39, 0.29) is 0 Å². The Hall–Kier alpha value is -1.82. The van der Waals surface area contributed by atoms with E-state index in [0.29, 0.717) is 28.6 Å². The second kappa shape index (κ2) is 4.36. The summed E-state index contributed by atoms with van der Waals surface area (Å²) in [5, 5.41) is 2.95. The second-order valence-electron chi connectivity index (χ2n) is 2.99. The van der Waals surface area contributed by atoms with E-state index in [2.05, 4.69) is 20.3 Å². The average Bonchev–Trinajstić information content (AvgIpc) is 2.66. The molecule has 2 aromatic rings. The predicted molar refractivity (Wildman–Crippen MR) is 58.3 cm³/mol. The van der Waals surface area contributed by atoms with Gasteiger partial charge in [0.25, 0.3) is 0 Å². The Morgan fingerprint density at radius 3 is 3.31 bits per heavy atom. The first kappa shape index (κ1) is 10.7. The van der Waals surface area contributed by atoms with E-state index >= 15 is 0 Å². The number of fused-ring (bicyclic) bond motifs is 1. The molecule has 0 aliphatic carbocycles. The zero-order chi connectivity index (χ0) is 11.5. The number of pyridine rings is 1. The highest BCUT2D eigenvalue weighted by Crippen LogP contribution is 2.20. The van der Waals surface area contributed by atoms with Crippen LogP contribution in [0.5, 0.6) is 0 Å². The summed E-state index contributed by atoms with van der Waals surface area (Å²) in [5.41, 5.74) is 1.26. The summed E-state index contributed by atoms with van der Waals surface area (Å²) in [6.07, 6.45) is 1.05. The van der Waals surface area contributed by atoms with Gasteiger partial charge in [-0.3, -0.25) is 10.3 Å². The third kappa shape index (κ3) is 2.06. The molecule has 0 unspecified atom stereocenters. The van der Waals surface area contributed by atoms with Gasteiger partial charge in [-0.1, -0.05) is 16.6 Å². The van der Waals surface area contributed by atoms with Gasteiger partial charge in [0.05, 0.1) is 11.6 Å². The molecule has 2 rings (SSSR count). The number of ether oxygens (including phenoxy) is 1. The number of nitrogens with one attached hydrogen (secondary N) is 3. The molecule has 0 saturated carbocycles. The molecule has 7 heteroatoms. The maximum absolute atomic E-state index is 11.2. The monoisotopic (exact) mass is 241 g/mol. The van der Waals surface area contributed by atoms with Crippen LogP contribution in [0, 0.1) is 0 Å². The maximum atomic E-state index is 11.2. The standard InChI is InChI=1S/C9H9ClN4O2/c1-2-16-9(15)14-6-3-5(10)7-8(13-6)12-4-11-7/h3-4H,2H2,1H3,(H2,11,12,13,14,15)/p+1. The fourth-order valence-corrected chi connectivity index (χ4v) is 1.52. The van der Waals surface area contributed by atoms with Crippen LogP contribution in [0.25, 0.3) is 11.2 Å². The van der Waals surface area contributed by atoms with Gasteiger partial charge in [0.1, 0.15) is 0 Å². The van der Waals surface area contributed by atoms with E-state index in [1.807, 2.05) is 0 Å². The second-order valence-corrected chi connectivity index (χ2v) is 3.40. The topological polar surface area (TPSA) is 81.1 Å². The molecule has 0 bridgehead atoms. The van der Waals surface area contributed by atoms with E-state index in [1.165, 1.54) is 0 Å². The van der Waals surface area contributed by atoms with Gasteiger partial charge in [-0.05, 0) is 6.92 Å². The van der Waals surface area contributed by atoms with Crippen LogP contribution in [0.4, 0.5) is 10.6 Å². The number of carbonyl (C=O) groups is 1. The molecule has 1 amide bonds. The number of aromatic amines is 2. The molecule has 0 fully saturated rings. The molecule has 84 valence electrons. The molecule has 0 aromatic carbocycles. The number of amides is 1. The van der Waals surface area contributed by atoms with E-state index in [9.17, 15) is 4.79 Å². The highest BCUT2D eigenvalue weighted by Gasteiger charge is 2.14. The number of halogens is 1. The lowest BCUT2D eigenvalue weighted by atomic mass is 10.4. The molecule has 2 aromatic heterocycles. The number of H-pyrrole nitrogens is 2. The van der Waals surface area contributed by atoms with Gasteiger partial charge in [-0.15, -0.1) is 0 Å². The Morgan fingerprint density at radius 2 is 2.56 bits per heavy atom. The number of imidazole rings is 1. The van der Waals surface area contributed by atoms with Gasteiger partial charge in [-0.25, -0.2) is 9.78 Å². The van der Waals surface area contributed by atoms with Crippen LogP contribution >= 0.6 is 11.6 Å². The molecule has 6 nitrogen and oxygen atoms in total. The minimum atomic E-state index is -0.555. The number of anilines is 1. The van der Waals surface area contributed by atoms with Crippen LogP contribution < -0.4 is 10.3 Å². The lowest BCUT2D eigenvalue weighted by Gasteiger charge is -2.01. The molecule has 0 aliphatic rings. The number of nitrogens with zero attached hydrogens (tertiary/aromatic N) is 1. The maximum Gasteiger partial charge on any atom is 0.413 e. The fraction of sp³-hybridized carbons (Fsp3) is 0.222. The van der Waals surface area contributed by atoms with Gasteiger partial charge in [0.15, 0.2) is 11.8 Å². The van der Waals surface area contributed by atoms with Gasteiger partial charge >= 0.3 is 11.7 Å². The molecule has 0 radical (unpaired) electrons. The van der Waals surface area contributed by atoms with E-state index in [1.54, 1.807) is 19.3 Å². The van der Waals surface area contributed by atoms with Crippen molar-refractivity contribution in [1.29, 1.82) is 0 Å². The number of rotatable bonds is 2. The molecule has 3 N–H and O–H groups in total. The molecule has 0 saturated heterocycles. The highest BCUT2D eigenvalue weighted by molar-refractivity contribution is 6.34. The van der Waals surface area contributed by atoms with Crippen LogP contribution in [0.1, 0.15) is 6.92 Å². The number of aromatic nitrogens is 3. The smallest absolute Gasteiger partial charge is 0.413 e. The first-order valence-corrected chi connectivity index (χ1v) is 5.07. The average molecular weight is 242 g/mol. The van der Waals surface area contributed by atoms with Crippen molar-refractivity contribution in [1.82, 2.24) is 9.97 Å². The van der Waals surface area contributed by atoms with Crippen molar-refractivity contribution in [2.24, 2.45) is 0 Å². The van der Waals surface area contributed by atoms with Crippen molar-refractivity contribution in [3.63, 3.8) is 0 Å². The Morgan fingerprint density at radius 1 is 1.75 bits per heavy atom. The molecule has 2 heterocycles. The van der Waals surface area contributed by atoms with Crippen molar-refractivity contribution < 1.29 is 14.5 Å². The minimum Gasteiger partial charge on any atom is -0.450 e. The normalized spacial score (nSPS) is 10.4. The van der Waals surface area contributed by atoms with Crippen LogP contribution in [-0.2, 0) is 4.74 Å². The van der Waals surface area contributed by atoms with Gasteiger partial charge in [-0.2, -0.15) is 0 Å². The fourth-order valence-electron chi connectivity index (χ4n) is 1.27. The van der Waals surface area contributed by atoms with Crippen molar-refractivity contribution in [2.45, 2.75) is 6.92 Å². The summed E-state index contributed by atoms with van der Waals surface area (Å²) in [5.74, 6) is 0.340. The molecular weight excluding hydrogens is 232 g/mol. The van der Waals surface area contributed by atoms with Crippen LogP contribution in [0.2, 0.25) is 5.02 Å². The summed E-state index contributed by atoms with van der Waals surface area (Å²) in [4.78, 5) is 21.1. The van der Waals surface area contributed by atoms with E-state index in [4.69, 9.17) is 16.3 Å². The van der Waals surface area contributed by atoms with Crippen molar-refractivity contribution in [3.8, 4) is 0 Å². The largest absolute Gasteiger partial charge is 0.450 e. The van der Waals surface area contributed by atoms with Gasteiger partial charge < -0.3 is 4.74 Å². The third-order valence-corrected chi connectivity index (χ3v) is 2.20. The Balaban J connectivity index is 2.28. The highest BCUT2D eigenvalue weighted by atomic mass is 35.5.